The Morgan fingerprint density at radius 1 is 1.58 bits per heavy atom. The summed E-state index contributed by atoms with van der Waals surface area (Å²) in [7, 11) is 0. The highest BCUT2D eigenvalue weighted by Gasteiger charge is 2.52. The molecule has 0 aromatic carbocycles. The maximum absolute atomic E-state index is 12.5. The molecule has 0 unspecified atom stereocenters. The minimum absolute atomic E-state index is 0.110. The minimum Gasteiger partial charge on any atom is -0.480 e. The third-order valence-corrected chi connectivity index (χ3v) is 2.79. The molecule has 0 radical (unpaired) electrons. The SMILES string of the molecule is O=C(O)CN1CC2(CC(F)C2)C1. The quantitative estimate of drug-likeness (QED) is 0.661. The maximum atomic E-state index is 12.5. The van der Waals surface area contributed by atoms with Crippen molar-refractivity contribution in [2.75, 3.05) is 19.6 Å². The van der Waals surface area contributed by atoms with Crippen LogP contribution in [0.2, 0.25) is 0 Å². The van der Waals surface area contributed by atoms with E-state index in [2.05, 4.69) is 0 Å². The Balaban J connectivity index is 1.74. The van der Waals surface area contributed by atoms with Crippen LogP contribution in [0.4, 0.5) is 4.39 Å². The van der Waals surface area contributed by atoms with Gasteiger partial charge in [0.15, 0.2) is 0 Å². The molecule has 12 heavy (non-hydrogen) atoms. The average molecular weight is 173 g/mol. The number of aliphatic carboxylic acids is 1. The van der Waals surface area contributed by atoms with E-state index in [4.69, 9.17) is 5.11 Å². The Hall–Kier alpha value is -0.640. The third-order valence-electron chi connectivity index (χ3n) is 2.79. The summed E-state index contributed by atoms with van der Waals surface area (Å²) in [5, 5.41) is 8.45. The van der Waals surface area contributed by atoms with Gasteiger partial charge in [-0.05, 0) is 12.8 Å². The first-order valence-electron chi connectivity index (χ1n) is 4.18. The molecule has 1 saturated heterocycles. The Bertz CT molecular complexity index is 205. The van der Waals surface area contributed by atoms with Gasteiger partial charge < -0.3 is 5.11 Å². The van der Waals surface area contributed by atoms with Crippen LogP contribution < -0.4 is 0 Å². The number of carboxylic acids is 1. The molecule has 0 amide bonds. The fraction of sp³-hybridized carbons (Fsp3) is 0.875. The van der Waals surface area contributed by atoms with Crippen LogP contribution in [0.15, 0.2) is 0 Å². The second-order valence-corrected chi connectivity index (χ2v) is 4.04. The van der Waals surface area contributed by atoms with E-state index in [1.165, 1.54) is 0 Å². The first kappa shape index (κ1) is 7.98. The normalized spacial score (nSPS) is 28.1. The number of likely N-dealkylation sites (tertiary alicyclic amines) is 1. The highest BCUT2D eigenvalue weighted by Crippen LogP contribution is 2.49. The number of carbonyl (C=O) groups is 1. The van der Waals surface area contributed by atoms with Gasteiger partial charge in [-0.15, -0.1) is 0 Å². The Kier molecular flexibility index (Phi) is 1.61. The van der Waals surface area contributed by atoms with Crippen LogP contribution in [0.5, 0.6) is 0 Å². The van der Waals surface area contributed by atoms with Crippen molar-refractivity contribution in [3.63, 3.8) is 0 Å². The monoisotopic (exact) mass is 173 g/mol. The van der Waals surface area contributed by atoms with Gasteiger partial charge in [-0.3, -0.25) is 9.69 Å². The Labute approximate surface area is 70.2 Å². The standard InChI is InChI=1S/C8H12FNO2/c9-6-1-8(2-6)4-10(5-8)3-7(11)12/h6H,1-5H2,(H,11,12). The number of halogens is 1. The van der Waals surface area contributed by atoms with Crippen LogP contribution >= 0.6 is 0 Å². The molecule has 2 fully saturated rings. The molecule has 1 N–H and O–H groups in total. The van der Waals surface area contributed by atoms with Gasteiger partial charge in [-0.2, -0.15) is 0 Å². The largest absolute Gasteiger partial charge is 0.480 e. The lowest BCUT2D eigenvalue weighted by Gasteiger charge is -2.56. The van der Waals surface area contributed by atoms with Gasteiger partial charge >= 0.3 is 5.97 Å². The van der Waals surface area contributed by atoms with Crippen molar-refractivity contribution in [3.05, 3.63) is 0 Å². The van der Waals surface area contributed by atoms with Crippen LogP contribution in [0.1, 0.15) is 12.8 Å². The summed E-state index contributed by atoms with van der Waals surface area (Å²) in [5.41, 5.74) is 0.162. The van der Waals surface area contributed by atoms with Crippen molar-refractivity contribution in [1.29, 1.82) is 0 Å². The van der Waals surface area contributed by atoms with Crippen LogP contribution in [-0.4, -0.2) is 41.8 Å². The molecule has 0 aromatic rings. The molecular weight excluding hydrogens is 161 g/mol. The van der Waals surface area contributed by atoms with Crippen LogP contribution in [0, 0.1) is 5.41 Å². The first-order valence-corrected chi connectivity index (χ1v) is 4.18. The van der Waals surface area contributed by atoms with Gasteiger partial charge in [0.25, 0.3) is 0 Å². The van der Waals surface area contributed by atoms with E-state index in [0.717, 1.165) is 13.1 Å². The highest BCUT2D eigenvalue weighted by atomic mass is 19.1. The number of hydrogen-bond acceptors (Lipinski definition) is 2. The van der Waals surface area contributed by atoms with E-state index in [0.29, 0.717) is 12.8 Å². The third kappa shape index (κ3) is 1.20. The van der Waals surface area contributed by atoms with E-state index in [1.54, 1.807) is 0 Å². The number of hydrogen-bond donors (Lipinski definition) is 1. The zero-order valence-corrected chi connectivity index (χ0v) is 6.79. The molecular formula is C8H12FNO2. The average Bonchev–Trinajstić information content (AvgIpc) is 1.78. The summed E-state index contributed by atoms with van der Waals surface area (Å²) in [6, 6.07) is 0. The van der Waals surface area contributed by atoms with E-state index in [9.17, 15) is 9.18 Å². The van der Waals surface area contributed by atoms with Crippen molar-refractivity contribution >= 4 is 5.97 Å². The maximum Gasteiger partial charge on any atom is 0.317 e. The highest BCUT2D eigenvalue weighted by molar-refractivity contribution is 5.69. The van der Waals surface area contributed by atoms with Crippen molar-refractivity contribution in [1.82, 2.24) is 4.90 Å². The Morgan fingerprint density at radius 2 is 2.17 bits per heavy atom. The number of alkyl halides is 1. The van der Waals surface area contributed by atoms with Gasteiger partial charge in [-0.25, -0.2) is 4.39 Å². The second kappa shape index (κ2) is 2.42. The van der Waals surface area contributed by atoms with Crippen molar-refractivity contribution in [2.45, 2.75) is 19.0 Å². The molecule has 1 saturated carbocycles. The molecule has 0 bridgehead atoms. The summed E-state index contributed by atoms with van der Waals surface area (Å²) in [5.74, 6) is -0.791. The van der Waals surface area contributed by atoms with E-state index in [1.807, 2.05) is 4.90 Å². The van der Waals surface area contributed by atoms with Crippen molar-refractivity contribution in [2.24, 2.45) is 5.41 Å². The predicted molar refractivity (Wildman–Crippen MR) is 40.6 cm³/mol. The van der Waals surface area contributed by atoms with Crippen LogP contribution in [0.25, 0.3) is 0 Å². The van der Waals surface area contributed by atoms with Gasteiger partial charge in [0.05, 0.1) is 6.54 Å². The lowest BCUT2D eigenvalue weighted by atomic mass is 9.62. The number of rotatable bonds is 2. The summed E-state index contributed by atoms with van der Waals surface area (Å²) in [6.07, 6.45) is 0.656. The summed E-state index contributed by atoms with van der Waals surface area (Å²) in [4.78, 5) is 12.1. The molecule has 1 spiro atoms. The molecule has 1 aliphatic heterocycles. The van der Waals surface area contributed by atoms with Gasteiger partial charge in [0, 0.05) is 18.5 Å². The van der Waals surface area contributed by atoms with E-state index in [-0.39, 0.29) is 12.0 Å². The molecule has 2 aliphatic rings. The smallest absolute Gasteiger partial charge is 0.317 e. The zero-order chi connectivity index (χ0) is 8.77. The van der Waals surface area contributed by atoms with Gasteiger partial charge in [-0.1, -0.05) is 0 Å². The van der Waals surface area contributed by atoms with Crippen LogP contribution in [0.3, 0.4) is 0 Å². The minimum atomic E-state index is -0.791. The molecule has 0 aromatic heterocycles. The van der Waals surface area contributed by atoms with Gasteiger partial charge in [0.1, 0.15) is 6.17 Å². The lowest BCUT2D eigenvalue weighted by Crippen LogP contribution is -2.63. The van der Waals surface area contributed by atoms with Crippen LogP contribution in [-0.2, 0) is 4.79 Å². The van der Waals surface area contributed by atoms with E-state index < -0.39 is 12.1 Å². The van der Waals surface area contributed by atoms with Crippen molar-refractivity contribution < 1.29 is 14.3 Å². The fourth-order valence-corrected chi connectivity index (χ4v) is 2.34. The molecule has 68 valence electrons. The summed E-state index contributed by atoms with van der Waals surface area (Å²) < 4.78 is 12.5. The zero-order valence-electron chi connectivity index (χ0n) is 6.79. The molecule has 1 aliphatic carbocycles. The first-order chi connectivity index (χ1) is 5.60. The molecule has 4 heteroatoms. The Morgan fingerprint density at radius 3 is 2.58 bits per heavy atom. The molecule has 3 nitrogen and oxygen atoms in total. The topological polar surface area (TPSA) is 40.5 Å². The second-order valence-electron chi connectivity index (χ2n) is 4.04. The fourth-order valence-electron chi connectivity index (χ4n) is 2.34. The van der Waals surface area contributed by atoms with E-state index >= 15 is 0 Å². The lowest BCUT2D eigenvalue weighted by molar-refractivity contribution is -0.147. The molecule has 0 atom stereocenters. The number of nitrogens with zero attached hydrogens (tertiary/aromatic N) is 1. The number of carboxylic acid groups (broad SMARTS) is 1. The summed E-state index contributed by atoms with van der Waals surface area (Å²) in [6.45, 7) is 1.66. The molecule has 2 rings (SSSR count). The van der Waals surface area contributed by atoms with Gasteiger partial charge in [0.2, 0.25) is 0 Å². The van der Waals surface area contributed by atoms with Crippen molar-refractivity contribution in [3.8, 4) is 0 Å². The summed E-state index contributed by atoms with van der Waals surface area (Å²) >= 11 is 0. The molecule has 1 heterocycles. The predicted octanol–water partition coefficient (Wildman–Crippen LogP) is 0.505.